The van der Waals surface area contributed by atoms with Crippen LogP contribution in [-0.2, 0) is 0 Å². The Morgan fingerprint density at radius 2 is 1.49 bits per heavy atom. The fraction of sp³-hybridized carbons (Fsp3) is 0.472. The highest BCUT2D eigenvalue weighted by atomic mass is 16.3. The second-order valence-corrected chi connectivity index (χ2v) is 13.3. The van der Waals surface area contributed by atoms with Gasteiger partial charge in [0.1, 0.15) is 0 Å². The Morgan fingerprint density at radius 3 is 2.14 bits per heavy atom. The zero-order valence-corrected chi connectivity index (χ0v) is 26.5. The minimum atomic E-state index is -0.186. The average molecular weight is 581 g/mol. The summed E-state index contributed by atoms with van der Waals surface area (Å²) in [6, 6.07) is 25.6. The minimum Gasteiger partial charge on any atom is -0.446 e. The molecule has 2 aromatic carbocycles. The predicted molar refractivity (Wildman–Crippen MR) is 178 cm³/mol. The van der Waals surface area contributed by atoms with Crippen LogP contribution in [0.25, 0.3) is 11.1 Å². The third-order valence-corrected chi connectivity index (χ3v) is 9.23. The first-order valence-corrected chi connectivity index (χ1v) is 16.0. The fourth-order valence-corrected chi connectivity index (χ4v) is 7.05. The van der Waals surface area contributed by atoms with Crippen molar-refractivity contribution in [2.24, 2.45) is 0 Å². The van der Waals surface area contributed by atoms with Crippen molar-refractivity contribution >= 4 is 22.5 Å². The van der Waals surface area contributed by atoms with E-state index in [0.29, 0.717) is 11.8 Å². The molecule has 2 aromatic heterocycles. The van der Waals surface area contributed by atoms with Crippen molar-refractivity contribution in [1.29, 1.82) is 0 Å². The molecule has 2 aliphatic rings. The number of benzene rings is 2. The quantitative estimate of drug-likeness (QED) is 0.261. The average Bonchev–Trinajstić information content (AvgIpc) is 3.51. The largest absolute Gasteiger partial charge is 0.446 e. The smallest absolute Gasteiger partial charge is 0.227 e. The van der Waals surface area contributed by atoms with Crippen molar-refractivity contribution in [2.45, 2.75) is 58.3 Å². The molecule has 7 heteroatoms. The molecule has 6 rings (SSSR count). The summed E-state index contributed by atoms with van der Waals surface area (Å²) >= 11 is 0. The SMILES string of the molecule is CC(C)N1CCN(c2ccc(C(C(c3ccccc3)N(c3ccnc4occc34)C(C)(C)C)N3CCNCC3)cc2)CC1. The molecule has 2 fully saturated rings. The van der Waals surface area contributed by atoms with E-state index in [1.165, 1.54) is 16.8 Å². The van der Waals surface area contributed by atoms with Crippen LogP contribution >= 0.6 is 0 Å². The lowest BCUT2D eigenvalue weighted by Crippen LogP contribution is -2.53. The van der Waals surface area contributed by atoms with Crippen molar-refractivity contribution in [3.63, 3.8) is 0 Å². The van der Waals surface area contributed by atoms with Crippen molar-refractivity contribution in [2.75, 3.05) is 62.2 Å². The first-order valence-electron chi connectivity index (χ1n) is 16.0. The van der Waals surface area contributed by atoms with Crippen molar-refractivity contribution < 1.29 is 4.42 Å². The van der Waals surface area contributed by atoms with Gasteiger partial charge in [-0.25, -0.2) is 4.98 Å². The molecule has 2 unspecified atom stereocenters. The van der Waals surface area contributed by atoms with Gasteiger partial charge in [0.05, 0.1) is 29.4 Å². The van der Waals surface area contributed by atoms with Gasteiger partial charge in [-0.3, -0.25) is 9.80 Å². The van der Waals surface area contributed by atoms with Crippen molar-refractivity contribution in [3.8, 4) is 0 Å². The van der Waals surface area contributed by atoms with E-state index < -0.39 is 0 Å². The van der Waals surface area contributed by atoms with Gasteiger partial charge in [0.2, 0.25) is 5.71 Å². The lowest BCUT2D eigenvalue weighted by molar-refractivity contribution is 0.141. The van der Waals surface area contributed by atoms with E-state index in [0.717, 1.165) is 63.4 Å². The van der Waals surface area contributed by atoms with Crippen LogP contribution in [-0.4, -0.2) is 78.7 Å². The van der Waals surface area contributed by atoms with Crippen LogP contribution in [0, 0.1) is 0 Å². The summed E-state index contributed by atoms with van der Waals surface area (Å²) in [5, 5.41) is 4.64. The molecule has 0 amide bonds. The normalized spacial score (nSPS) is 18.7. The molecule has 0 aliphatic carbocycles. The number of pyridine rings is 1. The summed E-state index contributed by atoms with van der Waals surface area (Å²) in [7, 11) is 0. The maximum Gasteiger partial charge on any atom is 0.227 e. The highest BCUT2D eigenvalue weighted by Gasteiger charge is 2.40. The molecule has 2 aliphatic heterocycles. The number of hydrogen-bond donors (Lipinski definition) is 1. The Bertz CT molecular complexity index is 1450. The number of aromatic nitrogens is 1. The van der Waals surface area contributed by atoms with Crippen LogP contribution in [0.4, 0.5) is 11.4 Å². The lowest BCUT2D eigenvalue weighted by Gasteiger charge is -2.50. The number of anilines is 2. The van der Waals surface area contributed by atoms with E-state index >= 15 is 0 Å². The first kappa shape index (κ1) is 29.7. The van der Waals surface area contributed by atoms with Crippen LogP contribution < -0.4 is 15.1 Å². The van der Waals surface area contributed by atoms with Gasteiger partial charge >= 0.3 is 0 Å². The molecule has 4 heterocycles. The zero-order valence-electron chi connectivity index (χ0n) is 26.5. The van der Waals surface area contributed by atoms with Gasteiger partial charge in [-0.1, -0.05) is 42.5 Å². The van der Waals surface area contributed by atoms with Gasteiger partial charge in [0.25, 0.3) is 0 Å². The lowest BCUT2D eigenvalue weighted by atomic mass is 9.86. The highest BCUT2D eigenvalue weighted by Crippen LogP contribution is 2.46. The second-order valence-electron chi connectivity index (χ2n) is 13.3. The number of fused-ring (bicyclic) bond motifs is 1. The van der Waals surface area contributed by atoms with Crippen LogP contribution in [0.15, 0.2) is 83.6 Å². The summed E-state index contributed by atoms with van der Waals surface area (Å²) in [5.41, 5.74) is 5.63. The van der Waals surface area contributed by atoms with Gasteiger partial charge < -0.3 is 19.5 Å². The summed E-state index contributed by atoms with van der Waals surface area (Å²) in [6.45, 7) is 19.9. The number of rotatable bonds is 8. The molecule has 4 aromatic rings. The van der Waals surface area contributed by atoms with Crippen LogP contribution in [0.1, 0.15) is 57.8 Å². The Morgan fingerprint density at radius 1 is 0.791 bits per heavy atom. The molecule has 2 atom stereocenters. The molecule has 0 saturated carbocycles. The molecule has 228 valence electrons. The van der Waals surface area contributed by atoms with Gasteiger partial charge in [-0.2, -0.15) is 0 Å². The minimum absolute atomic E-state index is 0.0558. The number of furan rings is 1. The molecule has 0 bridgehead atoms. The molecule has 1 N–H and O–H groups in total. The van der Waals surface area contributed by atoms with Gasteiger partial charge in [0.15, 0.2) is 0 Å². The van der Waals surface area contributed by atoms with E-state index in [-0.39, 0.29) is 17.6 Å². The van der Waals surface area contributed by atoms with E-state index in [4.69, 9.17) is 4.42 Å². The predicted octanol–water partition coefficient (Wildman–Crippen LogP) is 6.35. The topological polar surface area (TPSA) is 51.0 Å². The highest BCUT2D eigenvalue weighted by molar-refractivity contribution is 5.89. The van der Waals surface area contributed by atoms with Gasteiger partial charge in [-0.05, 0) is 70.0 Å². The summed E-state index contributed by atoms with van der Waals surface area (Å²) < 4.78 is 5.79. The van der Waals surface area contributed by atoms with Crippen molar-refractivity contribution in [1.82, 2.24) is 20.1 Å². The molecule has 0 spiro atoms. The van der Waals surface area contributed by atoms with Gasteiger partial charge in [-0.15, -0.1) is 0 Å². The molecular weight excluding hydrogens is 532 g/mol. The standard InChI is InChI=1S/C36H48N6O/c1-27(2)39-22-24-40(25-23-39)30-13-11-29(12-14-30)33(41-20-18-37-19-21-41)34(28-9-7-6-8-10-28)42(36(3,4)5)32-15-17-38-35-31(32)16-26-43-35/h6-17,26-27,33-34,37H,18-25H2,1-5H3. The van der Waals surface area contributed by atoms with E-state index in [9.17, 15) is 0 Å². The third kappa shape index (κ3) is 6.30. The van der Waals surface area contributed by atoms with E-state index in [1.807, 2.05) is 6.20 Å². The first-order chi connectivity index (χ1) is 20.8. The Hall–Kier alpha value is -3.39. The van der Waals surface area contributed by atoms with Crippen LogP contribution in [0.2, 0.25) is 0 Å². The molecule has 2 saturated heterocycles. The van der Waals surface area contributed by atoms with Crippen LogP contribution in [0.5, 0.6) is 0 Å². The molecule has 7 nitrogen and oxygen atoms in total. The van der Waals surface area contributed by atoms with Crippen molar-refractivity contribution in [3.05, 3.63) is 90.3 Å². The van der Waals surface area contributed by atoms with E-state index in [2.05, 4.69) is 131 Å². The monoisotopic (exact) mass is 580 g/mol. The Balaban J connectivity index is 1.45. The van der Waals surface area contributed by atoms with Gasteiger partial charge in [0, 0.05) is 75.8 Å². The summed E-state index contributed by atoms with van der Waals surface area (Å²) in [4.78, 5) is 15.0. The third-order valence-electron chi connectivity index (χ3n) is 9.23. The maximum absolute atomic E-state index is 5.79. The second kappa shape index (κ2) is 12.7. The molecule has 0 radical (unpaired) electrons. The fourth-order valence-electron chi connectivity index (χ4n) is 7.05. The van der Waals surface area contributed by atoms with Crippen LogP contribution in [0.3, 0.4) is 0 Å². The number of piperazine rings is 2. The summed E-state index contributed by atoms with van der Waals surface area (Å²) in [6.07, 6.45) is 3.64. The Labute approximate surface area is 257 Å². The zero-order chi connectivity index (χ0) is 30.0. The molecular formula is C36H48N6O. The number of hydrogen-bond acceptors (Lipinski definition) is 7. The molecule has 43 heavy (non-hydrogen) atoms. The van der Waals surface area contributed by atoms with E-state index in [1.54, 1.807) is 6.26 Å². The number of nitrogens with zero attached hydrogens (tertiary/aromatic N) is 5. The number of nitrogens with one attached hydrogen (secondary N) is 1. The maximum atomic E-state index is 5.79. The Kier molecular flexibility index (Phi) is 8.75. The summed E-state index contributed by atoms with van der Waals surface area (Å²) in [5.74, 6) is 0.